The number of benzene rings is 3. The number of carbonyl (C=O) groups is 4. The van der Waals surface area contributed by atoms with Crippen LogP contribution in [0.4, 0.5) is 39.5 Å². The molecule has 0 aromatic heterocycles. The summed E-state index contributed by atoms with van der Waals surface area (Å²) in [7, 11) is -2.16. The van der Waals surface area contributed by atoms with E-state index in [1.807, 2.05) is 57.2 Å². The van der Waals surface area contributed by atoms with Gasteiger partial charge in [-0.25, -0.2) is 4.79 Å². The molecule has 0 aliphatic carbocycles. The predicted molar refractivity (Wildman–Crippen MR) is 237 cm³/mol. The molecule has 23 heteroatoms. The number of ketones is 1. The van der Waals surface area contributed by atoms with Crippen LogP contribution in [-0.4, -0.2) is 122 Å². The second-order valence-electron chi connectivity index (χ2n) is 16.1. The molecule has 0 saturated carbocycles. The van der Waals surface area contributed by atoms with E-state index in [1.54, 1.807) is 31.2 Å². The van der Waals surface area contributed by atoms with Gasteiger partial charge in [0.2, 0.25) is 6.10 Å². The molecule has 1 aliphatic heterocycles. The Kier molecular flexibility index (Phi) is 22.8. The van der Waals surface area contributed by atoms with Crippen LogP contribution >= 0.6 is 0 Å². The average Bonchev–Trinajstić information content (AvgIpc) is 3.26. The van der Waals surface area contributed by atoms with Crippen LogP contribution < -0.4 is 15.1 Å². The van der Waals surface area contributed by atoms with E-state index >= 15 is 0 Å². The zero-order valence-electron chi connectivity index (χ0n) is 38.7. The number of alkyl halides is 9. The molecule has 0 fully saturated rings. The number of aliphatic hydroxyl groups excluding tert-OH is 3. The average molecular weight is 1030 g/mol. The van der Waals surface area contributed by atoms with Crippen molar-refractivity contribution in [2.45, 2.75) is 114 Å². The van der Waals surface area contributed by atoms with Crippen LogP contribution in [0.2, 0.25) is 5.04 Å². The number of ether oxygens (including phenoxy) is 4. The Hall–Kier alpha value is -5.75. The second-order valence-corrected chi connectivity index (χ2v) is 20.4. The summed E-state index contributed by atoms with van der Waals surface area (Å²) in [5.41, 5.74) is -0.558. The Balaban J connectivity index is 0.000000391. The number of rotatable bonds is 11. The van der Waals surface area contributed by atoms with Gasteiger partial charge in [0.1, 0.15) is 23.2 Å². The lowest BCUT2D eigenvalue weighted by molar-refractivity contribution is -0.209. The first-order chi connectivity index (χ1) is 32.4. The molecule has 0 saturated heterocycles. The normalized spacial score (nSPS) is 18.9. The fourth-order valence-corrected chi connectivity index (χ4v) is 11.2. The number of aliphatic hydroxyl groups is 3. The van der Waals surface area contributed by atoms with E-state index in [1.165, 1.54) is 32.3 Å². The Morgan fingerprint density at radius 3 is 1.70 bits per heavy atom. The molecule has 5 atom stereocenters. The fraction of sp³-hybridized carbons (Fsp3) is 0.447. The highest BCUT2D eigenvalue weighted by atomic mass is 28.4. The van der Waals surface area contributed by atoms with Crippen LogP contribution in [0.15, 0.2) is 91.0 Å². The van der Waals surface area contributed by atoms with Crippen molar-refractivity contribution in [1.29, 1.82) is 0 Å². The van der Waals surface area contributed by atoms with Gasteiger partial charge in [-0.05, 0) is 53.4 Å². The Morgan fingerprint density at radius 2 is 1.26 bits per heavy atom. The summed E-state index contributed by atoms with van der Waals surface area (Å²) in [5, 5.41) is 39.0. The topological polar surface area (TPSA) is 195 Å². The quantitative estimate of drug-likeness (QED) is 0.0641. The zero-order chi connectivity index (χ0) is 53.3. The molecule has 4 N–H and O–H groups in total. The van der Waals surface area contributed by atoms with Crippen molar-refractivity contribution in [3.63, 3.8) is 0 Å². The molecule has 3 aromatic rings. The summed E-state index contributed by atoms with van der Waals surface area (Å²) in [5.74, 6) is -4.94. The highest BCUT2D eigenvalue weighted by molar-refractivity contribution is 6.99. The zero-order valence-corrected chi connectivity index (χ0v) is 39.7. The number of hydrogen-bond donors (Lipinski definition) is 4. The molecule has 0 spiro atoms. The molecule has 0 radical (unpaired) electrons. The molecular weight excluding hydrogens is 972 g/mol. The Bertz CT molecular complexity index is 2170. The molecule has 388 valence electrons. The minimum atomic E-state index is -4.95. The van der Waals surface area contributed by atoms with Gasteiger partial charge in [0.05, 0.1) is 39.3 Å². The lowest BCUT2D eigenvalue weighted by atomic mass is 10.0. The molecule has 0 amide bonds. The highest BCUT2D eigenvalue weighted by Gasteiger charge is 2.56. The molecule has 4 rings (SSSR count). The first kappa shape index (κ1) is 60.4. The summed E-state index contributed by atoms with van der Waals surface area (Å²) in [4.78, 5) is 46.5. The van der Waals surface area contributed by atoms with Crippen molar-refractivity contribution in [2.24, 2.45) is 0 Å². The van der Waals surface area contributed by atoms with E-state index in [0.29, 0.717) is 6.08 Å². The van der Waals surface area contributed by atoms with Crippen LogP contribution in [0.3, 0.4) is 0 Å². The van der Waals surface area contributed by atoms with Crippen LogP contribution in [0.5, 0.6) is 11.5 Å². The molecular formula is C47H55F9O13Si. The summed E-state index contributed by atoms with van der Waals surface area (Å²) >= 11 is 0. The fourth-order valence-electron chi connectivity index (χ4n) is 6.58. The third-order valence-electron chi connectivity index (χ3n) is 9.94. The third-order valence-corrected chi connectivity index (χ3v) is 15.0. The molecule has 13 nitrogen and oxygen atoms in total. The number of hydrogen-bond acceptors (Lipinski definition) is 13. The maximum absolute atomic E-state index is 14.0. The number of halogens is 9. The lowest BCUT2D eigenvalue weighted by Crippen LogP contribution is -2.68. The van der Waals surface area contributed by atoms with Crippen molar-refractivity contribution in [1.82, 2.24) is 0 Å². The highest BCUT2D eigenvalue weighted by Crippen LogP contribution is 2.41. The van der Waals surface area contributed by atoms with E-state index in [0.717, 1.165) is 22.5 Å². The van der Waals surface area contributed by atoms with E-state index < -0.39 is 117 Å². The molecule has 70 heavy (non-hydrogen) atoms. The van der Waals surface area contributed by atoms with Gasteiger partial charge in [-0.15, -0.1) is 0 Å². The lowest BCUT2D eigenvalue weighted by Gasteiger charge is -2.45. The number of cyclic esters (lactones) is 1. The monoisotopic (exact) mass is 1030 g/mol. The first-order valence-electron chi connectivity index (χ1n) is 21.3. The molecule has 1 aliphatic rings. The van der Waals surface area contributed by atoms with Crippen molar-refractivity contribution in [3.8, 4) is 11.5 Å². The Morgan fingerprint density at radius 1 is 0.757 bits per heavy atom. The predicted octanol–water partition coefficient (Wildman–Crippen LogP) is 7.45. The third kappa shape index (κ3) is 17.9. The minimum Gasteiger partial charge on any atom is -0.507 e. The maximum Gasteiger partial charge on any atom is 0.425 e. The number of fused-ring (bicyclic) bond motifs is 1. The largest absolute Gasteiger partial charge is 0.507 e. The van der Waals surface area contributed by atoms with Gasteiger partial charge in [-0.1, -0.05) is 99.7 Å². The van der Waals surface area contributed by atoms with E-state index in [-0.39, 0.29) is 30.9 Å². The van der Waals surface area contributed by atoms with Gasteiger partial charge in [0.25, 0.3) is 8.32 Å². The number of phenolic OH excluding ortho intramolecular Hbond substituents is 1. The van der Waals surface area contributed by atoms with E-state index in [2.05, 4.69) is 9.47 Å². The first-order valence-corrected chi connectivity index (χ1v) is 23.2. The molecule has 0 bridgehead atoms. The van der Waals surface area contributed by atoms with Crippen LogP contribution in [0, 0.1) is 0 Å². The number of esters is 3. The van der Waals surface area contributed by atoms with Crippen LogP contribution in [0.25, 0.3) is 6.08 Å². The van der Waals surface area contributed by atoms with Gasteiger partial charge >= 0.3 is 36.4 Å². The van der Waals surface area contributed by atoms with E-state index in [9.17, 15) is 74.0 Å². The van der Waals surface area contributed by atoms with Crippen molar-refractivity contribution < 1.29 is 102 Å². The van der Waals surface area contributed by atoms with Crippen LogP contribution in [0.1, 0.15) is 76.2 Å². The number of aromatic hydroxyl groups is 1. The Labute approximate surface area is 398 Å². The van der Waals surface area contributed by atoms with Gasteiger partial charge in [-0.2, -0.15) is 39.5 Å². The summed E-state index contributed by atoms with van der Waals surface area (Å²) in [6.45, 7) is 8.71. The van der Waals surface area contributed by atoms with Crippen molar-refractivity contribution in [3.05, 3.63) is 102 Å². The van der Waals surface area contributed by atoms with Crippen molar-refractivity contribution >= 4 is 48.5 Å². The van der Waals surface area contributed by atoms with Crippen LogP contribution in [-0.2, 0) is 33.0 Å². The number of phenols is 1. The summed E-state index contributed by atoms with van der Waals surface area (Å²) < 4.78 is 141. The van der Waals surface area contributed by atoms with Gasteiger partial charge in [0.15, 0.2) is 18.0 Å². The van der Waals surface area contributed by atoms with Crippen molar-refractivity contribution in [2.75, 3.05) is 20.3 Å². The van der Waals surface area contributed by atoms with Gasteiger partial charge < -0.3 is 43.8 Å². The molecule has 1 heterocycles. The SMILES string of the molecule is CCOC(=O)C[C@@H](O)C(F)(F)F.CCOC(=O)C[C@@H](O[Si](c1ccccc1)(c1ccccc1)C(C)(C)C)C(F)(F)F.COc1cc(O)c2c(c1)/C=C/C[C@H](O)C(O)C(=O)/C=C\C[C@H](C(F)(F)F)OC2=O. The summed E-state index contributed by atoms with van der Waals surface area (Å²) in [6.07, 6.45) is -24.3. The smallest absolute Gasteiger partial charge is 0.425 e. The minimum absolute atomic E-state index is 0.00338. The standard InChI is InChI=1S/C22H27F3O3Si.C19H19F3O7.C6H9F3O3/c1-5-27-20(26)16-19(22(23,24)25)28-29(21(2,3)4,17-12-8-6-9-13-17)18-14-10-7-11-15-18;1-28-11-8-10-4-2-5-12(23)17(26)13(24)6-3-7-15(19(20,21)22)29-18(27)16(10)14(25)9-11;1-2-12-5(11)3-4(10)6(7,8)9/h6-15,19H,5,16H2,1-4H3;2-4,6,8-9,12,15,17,23,25-26H,5,7H2,1H3;4,10H,2-3H2,1H3/b;4-2+,6-3-;/t19-;12-,15+,17?;4-/m101/s1. The molecule has 3 aromatic carbocycles. The van der Waals surface area contributed by atoms with Gasteiger partial charge in [0, 0.05) is 12.5 Å². The van der Waals surface area contributed by atoms with E-state index in [4.69, 9.17) is 19.0 Å². The number of carbonyl (C=O) groups excluding carboxylic acids is 4. The second kappa shape index (κ2) is 26.5. The maximum atomic E-state index is 14.0. The summed E-state index contributed by atoms with van der Waals surface area (Å²) in [6, 6.07) is 20.4. The molecule has 1 unspecified atom stereocenters. The number of methoxy groups -OCH3 is 1. The van der Waals surface area contributed by atoms with Gasteiger partial charge in [-0.3, -0.25) is 14.4 Å².